The minimum atomic E-state index is -0.309. The van der Waals surface area contributed by atoms with Gasteiger partial charge in [-0.3, -0.25) is 0 Å². The summed E-state index contributed by atoms with van der Waals surface area (Å²) < 4.78 is 0. The molecule has 1 atom stereocenters. The quantitative estimate of drug-likeness (QED) is 0.888. The van der Waals surface area contributed by atoms with Crippen molar-refractivity contribution in [1.82, 2.24) is 5.32 Å². The van der Waals surface area contributed by atoms with Gasteiger partial charge in [0, 0.05) is 16.5 Å². The molecule has 0 saturated carbocycles. The molecular weight excluding hydrogens is 257 g/mol. The standard InChI is InChI=1S/C13H17Cl2NO/c14-11-2-1-10(12(15)8-11)7-13(17)9-3-5-16-6-4-9/h1-2,8-9,13,16-17H,3-7H2. The number of nitrogens with one attached hydrogen (secondary N) is 1. The summed E-state index contributed by atoms with van der Waals surface area (Å²) in [6.45, 7) is 1.99. The molecule has 0 aliphatic carbocycles. The first-order valence-corrected chi connectivity index (χ1v) is 6.75. The molecule has 1 aromatic rings. The molecule has 2 nitrogen and oxygen atoms in total. The molecule has 94 valence electrons. The number of benzene rings is 1. The lowest BCUT2D eigenvalue weighted by atomic mass is 9.88. The molecule has 0 radical (unpaired) electrons. The van der Waals surface area contributed by atoms with Gasteiger partial charge in [-0.15, -0.1) is 0 Å². The lowest BCUT2D eigenvalue weighted by molar-refractivity contribution is 0.0891. The van der Waals surface area contributed by atoms with E-state index < -0.39 is 0 Å². The molecule has 0 amide bonds. The second-order valence-corrected chi connectivity index (χ2v) is 5.44. The highest BCUT2D eigenvalue weighted by atomic mass is 35.5. The molecule has 1 heterocycles. The number of aliphatic hydroxyl groups excluding tert-OH is 1. The van der Waals surface area contributed by atoms with Crippen molar-refractivity contribution in [3.8, 4) is 0 Å². The van der Waals surface area contributed by atoms with E-state index in [1.54, 1.807) is 6.07 Å². The van der Waals surface area contributed by atoms with E-state index in [-0.39, 0.29) is 6.10 Å². The summed E-state index contributed by atoms with van der Waals surface area (Å²) in [6, 6.07) is 5.44. The number of piperidine rings is 1. The van der Waals surface area contributed by atoms with Crippen LogP contribution in [0.1, 0.15) is 18.4 Å². The molecule has 1 unspecified atom stereocenters. The Morgan fingerprint density at radius 1 is 1.29 bits per heavy atom. The van der Waals surface area contributed by atoms with Crippen LogP contribution < -0.4 is 5.32 Å². The van der Waals surface area contributed by atoms with Gasteiger partial charge in [0.2, 0.25) is 0 Å². The number of halogens is 2. The lowest BCUT2D eigenvalue weighted by Crippen LogP contribution is -2.35. The first-order chi connectivity index (χ1) is 8.16. The summed E-state index contributed by atoms with van der Waals surface area (Å²) in [7, 11) is 0. The SMILES string of the molecule is OC(Cc1ccc(Cl)cc1Cl)C1CCNCC1. The van der Waals surface area contributed by atoms with E-state index in [1.165, 1.54) is 0 Å². The number of hydrogen-bond donors (Lipinski definition) is 2. The van der Waals surface area contributed by atoms with Crippen molar-refractivity contribution in [2.24, 2.45) is 5.92 Å². The summed E-state index contributed by atoms with van der Waals surface area (Å²) in [5.74, 6) is 0.378. The van der Waals surface area contributed by atoms with Gasteiger partial charge in [-0.05, 0) is 49.5 Å². The fraction of sp³-hybridized carbons (Fsp3) is 0.538. The molecule has 1 aromatic carbocycles. The molecule has 0 bridgehead atoms. The minimum absolute atomic E-state index is 0.309. The molecule has 17 heavy (non-hydrogen) atoms. The zero-order valence-corrected chi connectivity index (χ0v) is 11.1. The van der Waals surface area contributed by atoms with Crippen LogP contribution in [0, 0.1) is 5.92 Å². The first kappa shape index (κ1) is 13.2. The third-order valence-corrected chi connectivity index (χ3v) is 3.96. The highest BCUT2D eigenvalue weighted by Gasteiger charge is 2.22. The Balaban J connectivity index is 1.99. The second-order valence-electron chi connectivity index (χ2n) is 4.59. The normalized spacial score (nSPS) is 19.2. The summed E-state index contributed by atoms with van der Waals surface area (Å²) in [5, 5.41) is 14.8. The monoisotopic (exact) mass is 273 g/mol. The molecule has 2 N–H and O–H groups in total. The summed E-state index contributed by atoms with van der Waals surface area (Å²) >= 11 is 12.0. The third-order valence-electron chi connectivity index (χ3n) is 3.37. The molecule has 1 saturated heterocycles. The van der Waals surface area contributed by atoms with Crippen molar-refractivity contribution in [3.63, 3.8) is 0 Å². The van der Waals surface area contributed by atoms with Gasteiger partial charge in [-0.25, -0.2) is 0 Å². The highest BCUT2D eigenvalue weighted by Crippen LogP contribution is 2.25. The predicted octanol–water partition coefficient (Wildman–Crippen LogP) is 2.90. The zero-order valence-electron chi connectivity index (χ0n) is 9.63. The van der Waals surface area contributed by atoms with Gasteiger partial charge < -0.3 is 10.4 Å². The van der Waals surface area contributed by atoms with Gasteiger partial charge in [-0.2, -0.15) is 0 Å². The summed E-state index contributed by atoms with van der Waals surface area (Å²) in [4.78, 5) is 0. The van der Waals surface area contributed by atoms with Crippen LogP contribution in [0.5, 0.6) is 0 Å². The largest absolute Gasteiger partial charge is 0.392 e. The van der Waals surface area contributed by atoms with E-state index in [1.807, 2.05) is 12.1 Å². The maximum absolute atomic E-state index is 10.2. The van der Waals surface area contributed by atoms with Gasteiger partial charge >= 0.3 is 0 Å². The number of aliphatic hydroxyl groups is 1. The summed E-state index contributed by atoms with van der Waals surface area (Å²) in [6.07, 6.45) is 2.37. The number of hydrogen-bond acceptors (Lipinski definition) is 2. The lowest BCUT2D eigenvalue weighted by Gasteiger charge is -2.27. The Morgan fingerprint density at radius 2 is 2.00 bits per heavy atom. The smallest absolute Gasteiger partial charge is 0.0610 e. The zero-order chi connectivity index (χ0) is 12.3. The molecule has 1 aliphatic rings. The van der Waals surface area contributed by atoms with Crippen molar-refractivity contribution < 1.29 is 5.11 Å². The van der Waals surface area contributed by atoms with E-state index >= 15 is 0 Å². The van der Waals surface area contributed by atoms with E-state index in [4.69, 9.17) is 23.2 Å². The van der Waals surface area contributed by atoms with E-state index in [2.05, 4.69) is 5.32 Å². The Morgan fingerprint density at radius 3 is 2.65 bits per heavy atom. The van der Waals surface area contributed by atoms with Crippen LogP contribution in [0.2, 0.25) is 10.0 Å². The topological polar surface area (TPSA) is 32.3 Å². The van der Waals surface area contributed by atoms with E-state index in [0.29, 0.717) is 22.4 Å². The van der Waals surface area contributed by atoms with Crippen LogP contribution in [-0.2, 0) is 6.42 Å². The predicted molar refractivity (Wildman–Crippen MR) is 71.8 cm³/mol. The van der Waals surface area contributed by atoms with Gasteiger partial charge in [0.25, 0.3) is 0 Å². The fourth-order valence-electron chi connectivity index (χ4n) is 2.31. The maximum Gasteiger partial charge on any atom is 0.0610 e. The van der Waals surface area contributed by atoms with Crippen molar-refractivity contribution in [2.45, 2.75) is 25.4 Å². The average molecular weight is 274 g/mol. The Kier molecular flexibility index (Phi) is 4.69. The van der Waals surface area contributed by atoms with E-state index in [0.717, 1.165) is 31.5 Å². The van der Waals surface area contributed by atoms with Gasteiger partial charge in [-0.1, -0.05) is 29.3 Å². The Bertz CT molecular complexity index is 378. The van der Waals surface area contributed by atoms with Gasteiger partial charge in [0.05, 0.1) is 6.10 Å². The van der Waals surface area contributed by atoms with Crippen LogP contribution in [0.15, 0.2) is 18.2 Å². The molecule has 1 fully saturated rings. The Hall–Kier alpha value is -0.280. The molecule has 1 aliphatic heterocycles. The van der Waals surface area contributed by atoms with Crippen LogP contribution in [-0.4, -0.2) is 24.3 Å². The maximum atomic E-state index is 10.2. The fourth-order valence-corrected chi connectivity index (χ4v) is 2.79. The molecule has 0 spiro atoms. The summed E-state index contributed by atoms with van der Waals surface area (Å²) in [5.41, 5.74) is 0.974. The number of rotatable bonds is 3. The first-order valence-electron chi connectivity index (χ1n) is 5.99. The van der Waals surface area contributed by atoms with Crippen molar-refractivity contribution in [3.05, 3.63) is 33.8 Å². The molecule has 0 aromatic heterocycles. The molecule has 2 rings (SSSR count). The highest BCUT2D eigenvalue weighted by molar-refractivity contribution is 6.35. The molecular formula is C13H17Cl2NO. The van der Waals surface area contributed by atoms with Crippen molar-refractivity contribution in [1.29, 1.82) is 0 Å². The van der Waals surface area contributed by atoms with Gasteiger partial charge in [0.1, 0.15) is 0 Å². The minimum Gasteiger partial charge on any atom is -0.392 e. The van der Waals surface area contributed by atoms with Gasteiger partial charge in [0.15, 0.2) is 0 Å². The van der Waals surface area contributed by atoms with Crippen molar-refractivity contribution >= 4 is 23.2 Å². The third kappa shape index (κ3) is 3.59. The molecule has 4 heteroatoms. The average Bonchev–Trinajstić information content (AvgIpc) is 2.34. The van der Waals surface area contributed by atoms with Crippen LogP contribution in [0.25, 0.3) is 0 Å². The van der Waals surface area contributed by atoms with E-state index in [9.17, 15) is 5.11 Å². The van der Waals surface area contributed by atoms with Crippen LogP contribution in [0.3, 0.4) is 0 Å². The Labute approximate surface area is 112 Å². The van der Waals surface area contributed by atoms with Crippen molar-refractivity contribution in [2.75, 3.05) is 13.1 Å². The second kappa shape index (κ2) is 6.05. The van der Waals surface area contributed by atoms with Crippen LogP contribution in [0.4, 0.5) is 0 Å². The van der Waals surface area contributed by atoms with Crippen LogP contribution >= 0.6 is 23.2 Å².